The molecule has 8 nitrogen and oxygen atoms in total. The summed E-state index contributed by atoms with van der Waals surface area (Å²) in [6.07, 6.45) is 5.11. The summed E-state index contributed by atoms with van der Waals surface area (Å²) >= 11 is 0. The normalized spacial score (nSPS) is 19.1. The minimum absolute atomic E-state index is 0.119. The Balaban J connectivity index is 0.000000252. The molecule has 1 aliphatic carbocycles. The van der Waals surface area contributed by atoms with E-state index >= 15 is 0 Å². The highest BCUT2D eigenvalue weighted by Gasteiger charge is 2.46. The second-order valence-corrected chi connectivity index (χ2v) is 8.85. The Bertz CT molecular complexity index is 972. The zero-order chi connectivity index (χ0) is 24.1. The number of hydrogen-bond donors (Lipinski definition) is 2. The number of nitrogens with one attached hydrogen (secondary N) is 1. The van der Waals surface area contributed by atoms with Crippen LogP contribution in [0.4, 0.5) is 0 Å². The number of fused-ring (bicyclic) bond motifs is 1. The molecule has 178 valence electrons. The summed E-state index contributed by atoms with van der Waals surface area (Å²) in [7, 11) is 0. The van der Waals surface area contributed by atoms with Crippen LogP contribution in [0.1, 0.15) is 62.4 Å². The Kier molecular flexibility index (Phi) is 7.89. The molecule has 1 unspecified atom stereocenters. The first-order valence-electron chi connectivity index (χ1n) is 11.6. The van der Waals surface area contributed by atoms with Crippen LogP contribution in [0.15, 0.2) is 34.9 Å². The van der Waals surface area contributed by atoms with Gasteiger partial charge in [0.15, 0.2) is 11.9 Å². The van der Waals surface area contributed by atoms with Gasteiger partial charge in [-0.15, -0.1) is 0 Å². The molecular formula is C25H33N3O5. The molecule has 2 aliphatic rings. The number of carboxylic acids is 1. The van der Waals surface area contributed by atoms with Gasteiger partial charge in [0.1, 0.15) is 18.0 Å². The molecule has 1 aromatic heterocycles. The smallest absolute Gasteiger partial charge is 0.332 e. The second kappa shape index (κ2) is 10.6. The first-order chi connectivity index (χ1) is 15.8. The zero-order valence-electron chi connectivity index (χ0n) is 19.7. The van der Waals surface area contributed by atoms with Gasteiger partial charge in [-0.3, -0.25) is 9.59 Å². The highest BCUT2D eigenvalue weighted by atomic mass is 16.4. The standard InChI is InChI=1S/C15H21N3O5.C10H12/c1-4-9(5-2)12-14(20)16-6-11(19)18(12)13(15(21)22)10-7-23-8(3)17-10;1-8-6-9-4-2-3-5-10(9)7-8/h7,9,12-13H,4-6H2,1-3H3,(H,16,20)(H,21,22);2-5,8H,6-7H2,1H3/t12-,13?;/m1./s1. The van der Waals surface area contributed by atoms with Gasteiger partial charge in [0.2, 0.25) is 11.8 Å². The SMILES string of the molecule is CC1Cc2ccccc2C1.CCC(CC)[C@@H]1C(=O)NCC(=O)N1C(C(=O)O)c1coc(C)n1. The number of rotatable bonds is 6. The predicted molar refractivity (Wildman–Crippen MR) is 122 cm³/mol. The van der Waals surface area contributed by atoms with Gasteiger partial charge in [-0.1, -0.05) is 57.9 Å². The van der Waals surface area contributed by atoms with Crippen LogP contribution >= 0.6 is 0 Å². The van der Waals surface area contributed by atoms with Gasteiger partial charge in [-0.2, -0.15) is 0 Å². The molecule has 1 saturated heterocycles. The van der Waals surface area contributed by atoms with E-state index < -0.39 is 24.0 Å². The lowest BCUT2D eigenvalue weighted by Crippen LogP contribution is -2.62. The molecule has 2 N–H and O–H groups in total. The second-order valence-electron chi connectivity index (χ2n) is 8.85. The summed E-state index contributed by atoms with van der Waals surface area (Å²) in [4.78, 5) is 41.7. The molecule has 2 amide bonds. The van der Waals surface area contributed by atoms with Crippen LogP contribution in [0.2, 0.25) is 0 Å². The minimum atomic E-state index is -1.34. The van der Waals surface area contributed by atoms with Crippen molar-refractivity contribution in [1.29, 1.82) is 0 Å². The van der Waals surface area contributed by atoms with E-state index in [1.54, 1.807) is 18.1 Å². The third-order valence-corrected chi connectivity index (χ3v) is 6.45. The molecule has 4 rings (SSSR count). The molecule has 1 aliphatic heterocycles. The molecule has 2 atom stereocenters. The van der Waals surface area contributed by atoms with E-state index in [1.807, 2.05) is 13.8 Å². The Morgan fingerprint density at radius 1 is 1.21 bits per heavy atom. The Labute approximate surface area is 194 Å². The fourth-order valence-corrected chi connectivity index (χ4v) is 4.79. The number of aromatic nitrogens is 1. The molecule has 0 radical (unpaired) electrons. The lowest BCUT2D eigenvalue weighted by atomic mass is 9.89. The lowest BCUT2D eigenvalue weighted by Gasteiger charge is -2.41. The maximum absolute atomic E-state index is 12.4. The van der Waals surface area contributed by atoms with Crippen molar-refractivity contribution in [1.82, 2.24) is 15.2 Å². The van der Waals surface area contributed by atoms with Gasteiger partial charge in [0, 0.05) is 6.92 Å². The minimum Gasteiger partial charge on any atom is -0.479 e. The number of carbonyl (C=O) groups excluding carboxylic acids is 2. The third kappa shape index (κ3) is 5.43. The number of carboxylic acid groups (broad SMARTS) is 1. The van der Waals surface area contributed by atoms with Gasteiger partial charge >= 0.3 is 5.97 Å². The van der Waals surface area contributed by atoms with E-state index in [2.05, 4.69) is 41.5 Å². The van der Waals surface area contributed by atoms with Crippen LogP contribution in [0.5, 0.6) is 0 Å². The fraction of sp³-hybridized carbons (Fsp3) is 0.520. The topological polar surface area (TPSA) is 113 Å². The van der Waals surface area contributed by atoms with E-state index in [1.165, 1.54) is 19.1 Å². The first kappa shape index (κ1) is 24.5. The summed E-state index contributed by atoms with van der Waals surface area (Å²) in [5.74, 6) is -0.956. The Morgan fingerprint density at radius 3 is 2.30 bits per heavy atom. The van der Waals surface area contributed by atoms with Crippen molar-refractivity contribution in [2.45, 2.75) is 65.5 Å². The number of oxazole rings is 1. The molecule has 0 saturated carbocycles. The Hall–Kier alpha value is -3.16. The maximum atomic E-state index is 12.4. The van der Waals surface area contributed by atoms with Crippen LogP contribution in [-0.2, 0) is 27.2 Å². The molecule has 2 aromatic rings. The van der Waals surface area contributed by atoms with Crippen molar-refractivity contribution in [3.05, 3.63) is 53.2 Å². The number of aliphatic carboxylic acids is 1. The quantitative estimate of drug-likeness (QED) is 0.691. The van der Waals surface area contributed by atoms with Crippen molar-refractivity contribution in [2.24, 2.45) is 11.8 Å². The molecule has 33 heavy (non-hydrogen) atoms. The number of nitrogens with zero attached hydrogens (tertiary/aromatic N) is 2. The van der Waals surface area contributed by atoms with Gasteiger partial charge in [0.25, 0.3) is 0 Å². The van der Waals surface area contributed by atoms with Crippen molar-refractivity contribution in [3.63, 3.8) is 0 Å². The number of aryl methyl sites for hydroxylation is 1. The van der Waals surface area contributed by atoms with Gasteiger partial charge in [0.05, 0.1) is 6.54 Å². The van der Waals surface area contributed by atoms with Crippen molar-refractivity contribution in [3.8, 4) is 0 Å². The summed E-state index contributed by atoms with van der Waals surface area (Å²) in [5.41, 5.74) is 3.25. The van der Waals surface area contributed by atoms with E-state index in [0.29, 0.717) is 18.7 Å². The highest BCUT2D eigenvalue weighted by molar-refractivity contribution is 5.97. The largest absolute Gasteiger partial charge is 0.479 e. The zero-order valence-corrected chi connectivity index (χ0v) is 19.7. The highest BCUT2D eigenvalue weighted by Crippen LogP contribution is 2.30. The average molecular weight is 456 g/mol. The van der Waals surface area contributed by atoms with E-state index in [-0.39, 0.29) is 24.1 Å². The number of piperazine rings is 1. The summed E-state index contributed by atoms with van der Waals surface area (Å²) < 4.78 is 5.08. The number of hydrogen-bond acceptors (Lipinski definition) is 5. The average Bonchev–Trinajstić information content (AvgIpc) is 3.37. The molecule has 0 bridgehead atoms. The van der Waals surface area contributed by atoms with E-state index in [9.17, 15) is 19.5 Å². The van der Waals surface area contributed by atoms with Crippen molar-refractivity contribution >= 4 is 17.8 Å². The van der Waals surface area contributed by atoms with Crippen LogP contribution in [0.3, 0.4) is 0 Å². The van der Waals surface area contributed by atoms with Crippen LogP contribution in [-0.4, -0.2) is 45.4 Å². The lowest BCUT2D eigenvalue weighted by molar-refractivity contribution is -0.160. The summed E-state index contributed by atoms with van der Waals surface area (Å²) in [5, 5.41) is 12.2. The van der Waals surface area contributed by atoms with Crippen molar-refractivity contribution in [2.75, 3.05) is 6.54 Å². The van der Waals surface area contributed by atoms with E-state index in [0.717, 1.165) is 10.8 Å². The third-order valence-electron chi connectivity index (χ3n) is 6.45. The first-order valence-corrected chi connectivity index (χ1v) is 11.6. The summed E-state index contributed by atoms with van der Waals surface area (Å²) in [6, 6.07) is 6.60. The maximum Gasteiger partial charge on any atom is 0.332 e. The monoisotopic (exact) mass is 455 g/mol. The predicted octanol–water partition coefficient (Wildman–Crippen LogP) is 3.29. The number of benzene rings is 1. The number of carbonyl (C=O) groups is 3. The summed E-state index contributed by atoms with van der Waals surface area (Å²) in [6.45, 7) is 7.52. The van der Waals surface area contributed by atoms with E-state index in [4.69, 9.17) is 4.42 Å². The van der Waals surface area contributed by atoms with Crippen LogP contribution < -0.4 is 5.32 Å². The Morgan fingerprint density at radius 2 is 1.82 bits per heavy atom. The van der Waals surface area contributed by atoms with Crippen LogP contribution in [0, 0.1) is 18.8 Å². The van der Waals surface area contributed by atoms with Gasteiger partial charge in [-0.25, -0.2) is 9.78 Å². The fourth-order valence-electron chi connectivity index (χ4n) is 4.79. The molecule has 2 heterocycles. The molecule has 8 heteroatoms. The number of amides is 2. The molecule has 1 fully saturated rings. The van der Waals surface area contributed by atoms with Crippen molar-refractivity contribution < 1.29 is 23.9 Å². The molecule has 0 spiro atoms. The van der Waals surface area contributed by atoms with Gasteiger partial charge in [-0.05, 0) is 35.8 Å². The molecular weight excluding hydrogens is 422 g/mol. The van der Waals surface area contributed by atoms with Gasteiger partial charge < -0.3 is 19.7 Å². The molecule has 1 aromatic carbocycles. The van der Waals surface area contributed by atoms with Crippen LogP contribution in [0.25, 0.3) is 0 Å².